The van der Waals surface area contributed by atoms with E-state index in [1.54, 1.807) is 0 Å². The van der Waals surface area contributed by atoms with E-state index >= 15 is 0 Å². The minimum absolute atomic E-state index is 0.0437. The fraction of sp³-hybridized carbons (Fsp3) is 0.412. The van der Waals surface area contributed by atoms with Gasteiger partial charge < -0.3 is 19.7 Å². The summed E-state index contributed by atoms with van der Waals surface area (Å²) in [6, 6.07) is 0. The molecule has 3 rings (SSSR count). The molecule has 1 saturated carbocycles. The van der Waals surface area contributed by atoms with Gasteiger partial charge in [-0.05, 0) is 20.8 Å². The molecule has 0 amide bonds. The maximum absolute atomic E-state index is 12.7. The molecule has 132 valence electrons. The van der Waals surface area contributed by atoms with Crippen molar-refractivity contribution < 1.29 is 38.9 Å². The van der Waals surface area contributed by atoms with Gasteiger partial charge >= 0.3 is 0 Å². The minimum atomic E-state index is -1.89. The van der Waals surface area contributed by atoms with E-state index < -0.39 is 52.3 Å². The summed E-state index contributed by atoms with van der Waals surface area (Å²) in [6.45, 7) is 3.85. The first-order valence-corrected chi connectivity index (χ1v) is 7.49. The monoisotopic (exact) mass is 348 g/mol. The molecule has 0 radical (unpaired) electrons. The van der Waals surface area contributed by atoms with Crippen LogP contribution >= 0.6 is 0 Å². The van der Waals surface area contributed by atoms with Crippen molar-refractivity contribution in [1.82, 2.24) is 0 Å². The maximum Gasteiger partial charge on any atom is 0.265 e. The van der Waals surface area contributed by atoms with Crippen LogP contribution in [0, 0.1) is 6.92 Å². The van der Waals surface area contributed by atoms with E-state index in [9.17, 15) is 29.4 Å². The first-order chi connectivity index (χ1) is 11.5. The second-order valence-corrected chi connectivity index (χ2v) is 6.40. The summed E-state index contributed by atoms with van der Waals surface area (Å²) in [5, 5.41) is 20.8. The summed E-state index contributed by atoms with van der Waals surface area (Å²) in [6.07, 6.45) is -0.560. The number of rotatable bonds is 2. The number of phenols is 2. The average molecular weight is 348 g/mol. The largest absolute Gasteiger partial charge is 0.507 e. The van der Waals surface area contributed by atoms with Gasteiger partial charge in [-0.1, -0.05) is 0 Å². The second-order valence-electron chi connectivity index (χ2n) is 6.40. The molecule has 2 N–H and O–H groups in total. The van der Waals surface area contributed by atoms with Gasteiger partial charge in [-0.3, -0.25) is 19.2 Å². The molecule has 1 heterocycles. The quantitative estimate of drug-likeness (QED) is 0.591. The van der Waals surface area contributed by atoms with Crippen LogP contribution in [-0.2, 0) is 24.5 Å². The number of benzene rings is 1. The van der Waals surface area contributed by atoms with Crippen LogP contribution in [0.4, 0.5) is 0 Å². The van der Waals surface area contributed by atoms with Crippen LogP contribution in [0.2, 0.25) is 0 Å². The molecule has 2 unspecified atom stereocenters. The normalized spacial score (nSPS) is 27.8. The van der Waals surface area contributed by atoms with E-state index in [1.807, 2.05) is 0 Å². The van der Waals surface area contributed by atoms with Gasteiger partial charge in [0.05, 0.1) is 12.0 Å². The van der Waals surface area contributed by atoms with Crippen molar-refractivity contribution in [2.75, 3.05) is 7.11 Å². The van der Waals surface area contributed by atoms with E-state index in [2.05, 4.69) is 0 Å². The van der Waals surface area contributed by atoms with E-state index in [-0.39, 0.29) is 22.4 Å². The molecule has 0 saturated heterocycles. The zero-order chi connectivity index (χ0) is 18.9. The molecule has 1 aromatic carbocycles. The standard InChI is InChI=1S/C17H16O8/c1-6-11(20)9(7(2)18)14-10(12(6)21)16(3)15(23)13(22)8(19)5-17(16,24-4)25-14/h20-21H,5H2,1-4H3. The molecule has 25 heavy (non-hydrogen) atoms. The summed E-state index contributed by atoms with van der Waals surface area (Å²) >= 11 is 0. The zero-order valence-electron chi connectivity index (χ0n) is 14.1. The van der Waals surface area contributed by atoms with E-state index in [0.29, 0.717) is 0 Å². The molecule has 0 bridgehead atoms. The number of carbonyl (C=O) groups excluding carboxylic acids is 4. The highest BCUT2D eigenvalue weighted by molar-refractivity contribution is 6.67. The van der Waals surface area contributed by atoms with E-state index in [4.69, 9.17) is 9.47 Å². The highest BCUT2D eigenvalue weighted by atomic mass is 16.7. The van der Waals surface area contributed by atoms with Crippen LogP contribution in [0.3, 0.4) is 0 Å². The van der Waals surface area contributed by atoms with E-state index in [1.165, 1.54) is 27.9 Å². The molecule has 1 fully saturated rings. The van der Waals surface area contributed by atoms with Crippen LogP contribution in [0.5, 0.6) is 17.2 Å². The van der Waals surface area contributed by atoms with Crippen molar-refractivity contribution in [3.05, 3.63) is 16.7 Å². The number of phenolic OH excluding ortho intramolecular Hbond substituents is 2. The van der Waals surface area contributed by atoms with Crippen LogP contribution in [0.15, 0.2) is 0 Å². The Balaban J connectivity index is 2.47. The molecule has 2 aliphatic rings. The lowest BCUT2D eigenvalue weighted by atomic mass is 9.65. The first-order valence-electron chi connectivity index (χ1n) is 7.49. The van der Waals surface area contributed by atoms with Gasteiger partial charge in [0.2, 0.25) is 17.4 Å². The number of ketones is 4. The van der Waals surface area contributed by atoms with Crippen molar-refractivity contribution in [1.29, 1.82) is 0 Å². The number of ether oxygens (including phenoxy) is 2. The molecule has 8 nitrogen and oxygen atoms in total. The van der Waals surface area contributed by atoms with Crippen molar-refractivity contribution in [3.8, 4) is 17.2 Å². The Morgan fingerprint density at radius 1 is 1.20 bits per heavy atom. The highest BCUT2D eigenvalue weighted by Crippen LogP contribution is 2.60. The van der Waals surface area contributed by atoms with Gasteiger partial charge in [0.25, 0.3) is 5.78 Å². The summed E-state index contributed by atoms with van der Waals surface area (Å²) in [4.78, 5) is 48.7. The van der Waals surface area contributed by atoms with Gasteiger partial charge in [-0.15, -0.1) is 0 Å². The third-order valence-corrected chi connectivity index (χ3v) is 5.16. The van der Waals surface area contributed by atoms with Crippen LogP contribution < -0.4 is 4.74 Å². The number of methoxy groups -OCH3 is 1. The summed E-state index contributed by atoms with van der Waals surface area (Å²) in [7, 11) is 1.19. The Morgan fingerprint density at radius 2 is 1.80 bits per heavy atom. The smallest absolute Gasteiger partial charge is 0.265 e. The Kier molecular flexibility index (Phi) is 3.34. The molecule has 0 aromatic heterocycles. The fourth-order valence-corrected chi connectivity index (χ4v) is 3.64. The van der Waals surface area contributed by atoms with Crippen molar-refractivity contribution in [2.24, 2.45) is 0 Å². The third kappa shape index (κ3) is 1.74. The van der Waals surface area contributed by atoms with Gasteiger partial charge in [-0.25, -0.2) is 0 Å². The third-order valence-electron chi connectivity index (χ3n) is 5.16. The molecular formula is C17H16O8. The van der Waals surface area contributed by atoms with Crippen molar-refractivity contribution in [2.45, 2.75) is 38.4 Å². The minimum Gasteiger partial charge on any atom is -0.507 e. The van der Waals surface area contributed by atoms with Gasteiger partial charge in [-0.2, -0.15) is 0 Å². The summed E-state index contributed by atoms with van der Waals surface area (Å²) in [5.41, 5.74) is -2.27. The second kappa shape index (κ2) is 4.89. The first kappa shape index (κ1) is 17.1. The molecular weight excluding hydrogens is 332 g/mol. The van der Waals surface area contributed by atoms with Crippen LogP contribution in [0.1, 0.15) is 41.8 Å². The average Bonchev–Trinajstić information content (AvgIpc) is 2.81. The maximum atomic E-state index is 12.7. The molecule has 0 spiro atoms. The number of Topliss-reactive ketones (excluding diaryl/α,β-unsaturated/α-hetero) is 4. The lowest BCUT2D eigenvalue weighted by Crippen LogP contribution is -2.63. The summed E-state index contributed by atoms with van der Waals surface area (Å²) < 4.78 is 11.0. The van der Waals surface area contributed by atoms with Gasteiger partial charge in [0.15, 0.2) is 5.78 Å². The summed E-state index contributed by atoms with van der Waals surface area (Å²) in [5.74, 6) is -7.01. The number of hydrogen-bond donors (Lipinski definition) is 2. The van der Waals surface area contributed by atoms with Crippen LogP contribution in [-0.4, -0.2) is 46.2 Å². The van der Waals surface area contributed by atoms with Gasteiger partial charge in [0.1, 0.15) is 28.2 Å². The molecule has 2 atom stereocenters. The molecule has 1 aliphatic carbocycles. The zero-order valence-corrected chi connectivity index (χ0v) is 14.1. The molecule has 1 aromatic rings. The fourth-order valence-electron chi connectivity index (χ4n) is 3.64. The number of carbonyl (C=O) groups is 4. The Morgan fingerprint density at radius 3 is 2.32 bits per heavy atom. The van der Waals surface area contributed by atoms with Crippen LogP contribution in [0.25, 0.3) is 0 Å². The Bertz CT molecular complexity index is 883. The number of hydrogen-bond acceptors (Lipinski definition) is 8. The van der Waals surface area contributed by atoms with Crippen molar-refractivity contribution >= 4 is 23.1 Å². The van der Waals surface area contributed by atoms with Gasteiger partial charge in [0, 0.05) is 12.7 Å². The highest BCUT2D eigenvalue weighted by Gasteiger charge is 2.70. The Hall–Kier alpha value is -2.74. The number of aromatic hydroxyl groups is 2. The lowest BCUT2D eigenvalue weighted by molar-refractivity contribution is -0.206. The molecule has 8 heteroatoms. The number of fused-ring (bicyclic) bond motifs is 3. The predicted octanol–water partition coefficient (Wildman–Crippen LogP) is 0.713. The predicted molar refractivity (Wildman–Crippen MR) is 81.9 cm³/mol. The lowest BCUT2D eigenvalue weighted by Gasteiger charge is -2.41. The van der Waals surface area contributed by atoms with Crippen molar-refractivity contribution in [3.63, 3.8) is 0 Å². The van der Waals surface area contributed by atoms with E-state index in [0.717, 1.165) is 0 Å². The topological polar surface area (TPSA) is 127 Å². The Labute approximate surface area is 142 Å². The molecule has 1 aliphatic heterocycles. The SMILES string of the molecule is COC12CC(=O)C(=O)C(=O)C1(C)c1c(O)c(C)c(O)c(C(C)=O)c1O2.